The van der Waals surface area contributed by atoms with Crippen molar-refractivity contribution in [3.05, 3.63) is 99.0 Å². The lowest BCUT2D eigenvalue weighted by Crippen LogP contribution is -2.23. The fraction of sp³-hybridized carbons (Fsp3) is 0.0417. The minimum Gasteiger partial charge on any atom is -0.490 e. The van der Waals surface area contributed by atoms with Gasteiger partial charge in [-0.25, -0.2) is 0 Å². The second kappa shape index (κ2) is 8.45. The average molecular weight is 462 g/mol. The molecule has 3 heterocycles. The first-order valence-electron chi connectivity index (χ1n) is 9.72. The average Bonchev–Trinajstić information content (AvgIpc) is 3.50. The molecule has 0 aliphatic heterocycles. The number of nitrogens with zero attached hydrogens (tertiary/aromatic N) is 3. The molecule has 0 saturated heterocycles. The summed E-state index contributed by atoms with van der Waals surface area (Å²) in [6, 6.07) is 18.4. The molecule has 3 aromatic heterocycles. The van der Waals surface area contributed by atoms with Crippen LogP contribution >= 0.6 is 22.9 Å². The van der Waals surface area contributed by atoms with Crippen LogP contribution in [0.25, 0.3) is 33.7 Å². The quantitative estimate of drug-likeness (QED) is 0.338. The first kappa shape index (κ1) is 20.2. The highest BCUT2D eigenvalue weighted by Gasteiger charge is 2.13. The standard InChI is InChI=1S/C24H16ClN3O3S/c1-2-12-30-18-8-6-15(7-9-18)22-26-24-28(27-22)23(29)21(32-24)14-19-10-11-20(31-19)16-4-3-5-17(25)13-16/h2-11,13-14H,1,12H2/b21-14+. The zero-order valence-corrected chi connectivity index (χ0v) is 18.3. The molecule has 8 heteroatoms. The Morgan fingerprint density at radius 1 is 1.12 bits per heavy atom. The van der Waals surface area contributed by atoms with Crippen LogP contribution in [0.3, 0.4) is 0 Å². The Morgan fingerprint density at radius 3 is 2.72 bits per heavy atom. The van der Waals surface area contributed by atoms with Crippen LogP contribution in [0.5, 0.6) is 5.75 Å². The summed E-state index contributed by atoms with van der Waals surface area (Å²) in [7, 11) is 0. The van der Waals surface area contributed by atoms with E-state index in [0.717, 1.165) is 16.9 Å². The van der Waals surface area contributed by atoms with Crippen molar-refractivity contribution in [1.82, 2.24) is 14.6 Å². The third-order valence-electron chi connectivity index (χ3n) is 4.67. The van der Waals surface area contributed by atoms with Crippen molar-refractivity contribution in [3.8, 4) is 28.5 Å². The van der Waals surface area contributed by atoms with Crippen LogP contribution in [0.1, 0.15) is 5.76 Å². The maximum atomic E-state index is 12.8. The van der Waals surface area contributed by atoms with Gasteiger partial charge < -0.3 is 9.15 Å². The van der Waals surface area contributed by atoms with Crippen LogP contribution in [-0.2, 0) is 0 Å². The molecule has 0 unspecified atom stereocenters. The highest BCUT2D eigenvalue weighted by atomic mass is 35.5. The molecule has 5 aromatic rings. The predicted octanol–water partition coefficient (Wildman–Crippen LogP) is 4.84. The molecule has 0 aliphatic carbocycles. The molecule has 5 rings (SSSR count). The number of rotatable bonds is 6. The molecular weight excluding hydrogens is 446 g/mol. The predicted molar refractivity (Wildman–Crippen MR) is 126 cm³/mol. The van der Waals surface area contributed by atoms with Gasteiger partial charge in [0.25, 0.3) is 5.56 Å². The highest BCUT2D eigenvalue weighted by molar-refractivity contribution is 7.15. The monoisotopic (exact) mass is 461 g/mol. The minimum atomic E-state index is -0.240. The van der Waals surface area contributed by atoms with Crippen molar-refractivity contribution >= 4 is 34.0 Å². The van der Waals surface area contributed by atoms with Gasteiger partial charge in [-0.2, -0.15) is 9.50 Å². The summed E-state index contributed by atoms with van der Waals surface area (Å²) in [5.41, 5.74) is 1.43. The Labute approximate surface area is 191 Å². The molecule has 0 aliphatic rings. The van der Waals surface area contributed by atoms with E-state index in [1.54, 1.807) is 18.2 Å². The van der Waals surface area contributed by atoms with E-state index < -0.39 is 0 Å². The van der Waals surface area contributed by atoms with Gasteiger partial charge in [0.15, 0.2) is 5.82 Å². The molecule has 0 radical (unpaired) electrons. The lowest BCUT2D eigenvalue weighted by molar-refractivity contribution is 0.363. The molecule has 158 valence electrons. The number of ether oxygens (including phenoxy) is 1. The van der Waals surface area contributed by atoms with Gasteiger partial charge >= 0.3 is 0 Å². The number of halogens is 1. The van der Waals surface area contributed by atoms with Crippen molar-refractivity contribution in [2.45, 2.75) is 0 Å². The third-order valence-corrected chi connectivity index (χ3v) is 5.87. The Bertz CT molecular complexity index is 1530. The van der Waals surface area contributed by atoms with E-state index in [1.807, 2.05) is 54.6 Å². The van der Waals surface area contributed by atoms with Gasteiger partial charge in [0.1, 0.15) is 28.4 Å². The van der Waals surface area contributed by atoms with Gasteiger partial charge in [-0.3, -0.25) is 4.79 Å². The van der Waals surface area contributed by atoms with E-state index >= 15 is 0 Å². The summed E-state index contributed by atoms with van der Waals surface area (Å²) < 4.78 is 13.2. The van der Waals surface area contributed by atoms with E-state index in [4.69, 9.17) is 20.8 Å². The number of fused-ring (bicyclic) bond motifs is 1. The van der Waals surface area contributed by atoms with Crippen LogP contribution in [0, 0.1) is 0 Å². The van der Waals surface area contributed by atoms with Crippen molar-refractivity contribution in [2.75, 3.05) is 6.61 Å². The number of furan rings is 1. The normalized spacial score (nSPS) is 11.8. The molecular formula is C24H16ClN3O3S. The van der Waals surface area contributed by atoms with E-state index in [1.165, 1.54) is 15.9 Å². The Kier molecular flexibility index (Phi) is 5.34. The second-order valence-corrected chi connectivity index (χ2v) is 8.33. The fourth-order valence-electron chi connectivity index (χ4n) is 3.17. The molecule has 0 N–H and O–H groups in total. The van der Waals surface area contributed by atoms with Crippen LogP contribution < -0.4 is 14.8 Å². The van der Waals surface area contributed by atoms with E-state index in [2.05, 4.69) is 16.7 Å². The summed E-state index contributed by atoms with van der Waals surface area (Å²) in [5, 5.41) is 5.01. The van der Waals surface area contributed by atoms with Crippen molar-refractivity contribution in [1.29, 1.82) is 0 Å². The van der Waals surface area contributed by atoms with Crippen molar-refractivity contribution in [2.24, 2.45) is 0 Å². The van der Waals surface area contributed by atoms with E-state index in [-0.39, 0.29) is 5.56 Å². The molecule has 0 saturated carbocycles. The third kappa shape index (κ3) is 3.95. The van der Waals surface area contributed by atoms with Gasteiger partial charge in [0.2, 0.25) is 4.96 Å². The van der Waals surface area contributed by atoms with E-state index in [9.17, 15) is 4.79 Å². The summed E-state index contributed by atoms with van der Waals surface area (Å²) in [6.45, 7) is 4.07. The Morgan fingerprint density at radius 2 is 1.97 bits per heavy atom. The zero-order chi connectivity index (χ0) is 22.1. The number of thiazole rings is 1. The van der Waals surface area contributed by atoms with Crippen LogP contribution in [0.4, 0.5) is 0 Å². The minimum absolute atomic E-state index is 0.240. The van der Waals surface area contributed by atoms with Gasteiger partial charge in [0.05, 0.1) is 0 Å². The van der Waals surface area contributed by atoms with Crippen LogP contribution in [0.15, 0.2) is 82.5 Å². The lowest BCUT2D eigenvalue weighted by Gasteiger charge is -2.02. The molecule has 6 nitrogen and oxygen atoms in total. The Balaban J connectivity index is 1.44. The van der Waals surface area contributed by atoms with Crippen LogP contribution in [0.2, 0.25) is 5.02 Å². The summed E-state index contributed by atoms with van der Waals surface area (Å²) in [4.78, 5) is 17.8. The number of benzene rings is 2. The highest BCUT2D eigenvalue weighted by Crippen LogP contribution is 2.25. The molecule has 2 aromatic carbocycles. The lowest BCUT2D eigenvalue weighted by atomic mass is 10.2. The fourth-order valence-corrected chi connectivity index (χ4v) is 4.25. The molecule has 0 spiro atoms. The second-order valence-electron chi connectivity index (χ2n) is 6.88. The van der Waals surface area contributed by atoms with Gasteiger partial charge in [-0.05, 0) is 48.5 Å². The Hall–Kier alpha value is -3.68. The van der Waals surface area contributed by atoms with Crippen molar-refractivity contribution < 1.29 is 9.15 Å². The maximum Gasteiger partial charge on any atom is 0.291 e. The van der Waals surface area contributed by atoms with Gasteiger partial charge in [-0.1, -0.05) is 47.7 Å². The van der Waals surface area contributed by atoms with Crippen molar-refractivity contribution in [3.63, 3.8) is 0 Å². The SMILES string of the molecule is C=CCOc1ccc(-c2nc3s/c(=C/c4ccc(-c5cccc(Cl)c5)o4)c(=O)n3n2)cc1. The molecule has 0 bridgehead atoms. The molecule has 0 atom stereocenters. The first-order valence-corrected chi connectivity index (χ1v) is 10.9. The molecule has 0 fully saturated rings. The molecule has 0 amide bonds. The summed E-state index contributed by atoms with van der Waals surface area (Å²) >= 11 is 7.31. The maximum absolute atomic E-state index is 12.8. The number of aromatic nitrogens is 3. The van der Waals surface area contributed by atoms with Gasteiger partial charge in [-0.15, -0.1) is 5.10 Å². The summed E-state index contributed by atoms with van der Waals surface area (Å²) in [6.07, 6.45) is 3.38. The summed E-state index contributed by atoms with van der Waals surface area (Å²) in [5.74, 6) is 2.45. The largest absolute Gasteiger partial charge is 0.490 e. The van der Waals surface area contributed by atoms with E-state index in [0.29, 0.717) is 38.5 Å². The van der Waals surface area contributed by atoms with Crippen LogP contribution in [-0.4, -0.2) is 21.2 Å². The zero-order valence-electron chi connectivity index (χ0n) is 16.7. The number of hydrogen-bond donors (Lipinski definition) is 0. The smallest absolute Gasteiger partial charge is 0.291 e. The number of hydrogen-bond acceptors (Lipinski definition) is 6. The topological polar surface area (TPSA) is 69.6 Å². The molecule has 32 heavy (non-hydrogen) atoms. The van der Waals surface area contributed by atoms with Gasteiger partial charge in [0, 0.05) is 22.2 Å². The first-order chi connectivity index (χ1) is 15.6.